The van der Waals surface area contributed by atoms with Crippen LogP contribution in [-0.4, -0.2) is 18.6 Å². The molecule has 2 N–H and O–H groups in total. The van der Waals surface area contributed by atoms with Crippen LogP contribution in [0.2, 0.25) is 0 Å². The third-order valence-electron chi connectivity index (χ3n) is 3.69. The van der Waals surface area contributed by atoms with E-state index in [4.69, 9.17) is 4.52 Å². The summed E-state index contributed by atoms with van der Waals surface area (Å²) >= 11 is 0. The number of sulfonamides is 1. The van der Waals surface area contributed by atoms with E-state index < -0.39 is 10.0 Å². The summed E-state index contributed by atoms with van der Waals surface area (Å²) in [5.41, 5.74) is 2.62. The van der Waals surface area contributed by atoms with Crippen LogP contribution in [0.3, 0.4) is 0 Å². The normalized spacial score (nSPS) is 11.3. The van der Waals surface area contributed by atoms with Crippen LogP contribution in [0.4, 0.5) is 17.3 Å². The Hall–Kier alpha value is -2.87. The molecule has 0 saturated heterocycles. The van der Waals surface area contributed by atoms with Crippen LogP contribution in [0, 0.1) is 20.8 Å². The topological polar surface area (TPSA) is 97.1 Å². The third-order valence-corrected chi connectivity index (χ3v) is 5.04. The standard InChI is InChI=1S/C17H18N4O3S/c1-11-4-6-15(8-12(11)2)25(22,23)21-16-7-5-14(10-18-16)19-17-9-13(3)24-20-17/h4-10H,1-3H3,(H,18,21)(H,19,20). The summed E-state index contributed by atoms with van der Waals surface area (Å²) in [6, 6.07) is 10.0. The fraction of sp³-hybridized carbons (Fsp3) is 0.176. The lowest BCUT2D eigenvalue weighted by atomic mass is 10.1. The van der Waals surface area contributed by atoms with E-state index in [1.807, 2.05) is 13.8 Å². The smallest absolute Gasteiger partial charge is 0.263 e. The fourth-order valence-corrected chi connectivity index (χ4v) is 3.27. The molecule has 8 heteroatoms. The minimum atomic E-state index is -3.68. The summed E-state index contributed by atoms with van der Waals surface area (Å²) in [6.45, 7) is 5.60. The third kappa shape index (κ3) is 3.97. The zero-order valence-electron chi connectivity index (χ0n) is 14.1. The second kappa shape index (κ2) is 6.56. The highest BCUT2D eigenvalue weighted by molar-refractivity contribution is 7.92. The van der Waals surface area contributed by atoms with Crippen LogP contribution in [0.25, 0.3) is 0 Å². The lowest BCUT2D eigenvalue weighted by Crippen LogP contribution is -2.14. The highest BCUT2D eigenvalue weighted by Gasteiger charge is 2.15. The van der Waals surface area contributed by atoms with Gasteiger partial charge < -0.3 is 9.84 Å². The van der Waals surface area contributed by atoms with Gasteiger partial charge in [0, 0.05) is 6.07 Å². The van der Waals surface area contributed by atoms with Crippen molar-refractivity contribution in [1.29, 1.82) is 0 Å². The molecule has 0 saturated carbocycles. The molecule has 0 spiro atoms. The van der Waals surface area contributed by atoms with Gasteiger partial charge in [0.25, 0.3) is 10.0 Å². The largest absolute Gasteiger partial charge is 0.360 e. The number of aromatic nitrogens is 2. The first kappa shape index (κ1) is 17.0. The van der Waals surface area contributed by atoms with E-state index >= 15 is 0 Å². The van der Waals surface area contributed by atoms with E-state index in [1.54, 1.807) is 43.3 Å². The quantitative estimate of drug-likeness (QED) is 0.724. The van der Waals surface area contributed by atoms with E-state index in [0.29, 0.717) is 17.3 Å². The molecule has 0 aliphatic heterocycles. The van der Waals surface area contributed by atoms with E-state index in [2.05, 4.69) is 20.2 Å². The predicted molar refractivity (Wildman–Crippen MR) is 95.5 cm³/mol. The minimum absolute atomic E-state index is 0.206. The SMILES string of the molecule is Cc1cc(Nc2ccc(NS(=O)(=O)c3ccc(C)c(C)c3)nc2)no1. The number of aryl methyl sites for hydroxylation is 3. The maximum atomic E-state index is 12.5. The summed E-state index contributed by atoms with van der Waals surface area (Å²) < 4.78 is 32.4. The van der Waals surface area contributed by atoms with Gasteiger partial charge in [-0.25, -0.2) is 13.4 Å². The number of rotatable bonds is 5. The van der Waals surface area contributed by atoms with Gasteiger partial charge >= 0.3 is 0 Å². The Labute approximate surface area is 146 Å². The molecule has 0 unspecified atom stereocenters. The van der Waals surface area contributed by atoms with E-state index in [0.717, 1.165) is 11.1 Å². The zero-order valence-corrected chi connectivity index (χ0v) is 14.9. The molecule has 0 aliphatic rings. The molecule has 2 aromatic heterocycles. The molecule has 3 rings (SSSR count). The minimum Gasteiger partial charge on any atom is -0.360 e. The zero-order chi connectivity index (χ0) is 18.0. The number of hydrogen-bond donors (Lipinski definition) is 2. The number of pyridine rings is 1. The second-order valence-corrected chi connectivity index (χ2v) is 7.41. The summed E-state index contributed by atoms with van der Waals surface area (Å²) in [4.78, 5) is 4.33. The van der Waals surface area contributed by atoms with Crippen LogP contribution in [-0.2, 0) is 10.0 Å². The van der Waals surface area contributed by atoms with Crippen molar-refractivity contribution < 1.29 is 12.9 Å². The average molecular weight is 358 g/mol. The molecule has 25 heavy (non-hydrogen) atoms. The molecule has 0 radical (unpaired) electrons. The second-order valence-electron chi connectivity index (χ2n) is 5.73. The van der Waals surface area contributed by atoms with Crippen molar-refractivity contribution in [2.45, 2.75) is 25.7 Å². The Bertz CT molecular complexity index is 995. The van der Waals surface area contributed by atoms with Crippen molar-refractivity contribution in [3.63, 3.8) is 0 Å². The Morgan fingerprint density at radius 1 is 0.960 bits per heavy atom. The van der Waals surface area contributed by atoms with E-state index in [1.165, 1.54) is 6.20 Å². The van der Waals surface area contributed by atoms with Crippen molar-refractivity contribution in [2.24, 2.45) is 0 Å². The lowest BCUT2D eigenvalue weighted by Gasteiger charge is -2.09. The average Bonchev–Trinajstić information content (AvgIpc) is 2.96. The maximum Gasteiger partial charge on any atom is 0.263 e. The first-order chi connectivity index (χ1) is 11.8. The van der Waals surface area contributed by atoms with Gasteiger partial charge in [-0.15, -0.1) is 0 Å². The molecule has 3 aromatic rings. The molecule has 0 aliphatic carbocycles. The van der Waals surface area contributed by atoms with Crippen molar-refractivity contribution in [2.75, 3.05) is 10.0 Å². The van der Waals surface area contributed by atoms with Gasteiger partial charge in [0.05, 0.1) is 16.8 Å². The summed E-state index contributed by atoms with van der Waals surface area (Å²) in [7, 11) is -3.68. The molecule has 0 amide bonds. The van der Waals surface area contributed by atoms with Crippen molar-refractivity contribution in [1.82, 2.24) is 10.1 Å². The van der Waals surface area contributed by atoms with Gasteiger partial charge in [-0.2, -0.15) is 0 Å². The lowest BCUT2D eigenvalue weighted by molar-refractivity contribution is 0.400. The van der Waals surface area contributed by atoms with E-state index in [-0.39, 0.29) is 10.7 Å². The first-order valence-electron chi connectivity index (χ1n) is 7.60. The van der Waals surface area contributed by atoms with Gasteiger partial charge in [-0.3, -0.25) is 4.72 Å². The van der Waals surface area contributed by atoms with Crippen molar-refractivity contribution >= 4 is 27.3 Å². The van der Waals surface area contributed by atoms with Crippen LogP contribution >= 0.6 is 0 Å². The van der Waals surface area contributed by atoms with Gasteiger partial charge in [0.1, 0.15) is 11.6 Å². The Balaban J connectivity index is 1.74. The number of anilines is 3. The maximum absolute atomic E-state index is 12.5. The highest BCUT2D eigenvalue weighted by Crippen LogP contribution is 2.20. The van der Waals surface area contributed by atoms with Gasteiger partial charge in [-0.1, -0.05) is 11.2 Å². The highest BCUT2D eigenvalue weighted by atomic mass is 32.2. The monoisotopic (exact) mass is 358 g/mol. The van der Waals surface area contributed by atoms with Gasteiger partial charge in [0.2, 0.25) is 0 Å². The molecule has 7 nitrogen and oxygen atoms in total. The van der Waals surface area contributed by atoms with Gasteiger partial charge in [-0.05, 0) is 56.2 Å². The van der Waals surface area contributed by atoms with Crippen LogP contribution in [0.15, 0.2) is 52.0 Å². The van der Waals surface area contributed by atoms with Crippen LogP contribution in [0.5, 0.6) is 0 Å². The molecule has 0 atom stereocenters. The molecule has 0 bridgehead atoms. The van der Waals surface area contributed by atoms with Gasteiger partial charge in [0.15, 0.2) is 5.82 Å². The predicted octanol–water partition coefficient (Wildman–Crippen LogP) is 3.54. The number of benzene rings is 1. The first-order valence-corrected chi connectivity index (χ1v) is 9.08. The molecule has 2 heterocycles. The molecule has 0 fully saturated rings. The number of nitrogens with one attached hydrogen (secondary N) is 2. The molecular weight excluding hydrogens is 340 g/mol. The summed E-state index contributed by atoms with van der Waals surface area (Å²) in [5, 5.41) is 6.84. The van der Waals surface area contributed by atoms with Crippen molar-refractivity contribution in [3.05, 3.63) is 59.5 Å². The van der Waals surface area contributed by atoms with Crippen molar-refractivity contribution in [3.8, 4) is 0 Å². The van der Waals surface area contributed by atoms with Crippen LogP contribution < -0.4 is 10.0 Å². The Kier molecular flexibility index (Phi) is 4.45. The Morgan fingerprint density at radius 2 is 1.76 bits per heavy atom. The molecular formula is C17H18N4O3S. The fourth-order valence-electron chi connectivity index (χ4n) is 2.18. The summed E-state index contributed by atoms with van der Waals surface area (Å²) in [6.07, 6.45) is 1.52. The number of hydrogen-bond acceptors (Lipinski definition) is 6. The molecule has 1 aromatic carbocycles. The summed E-state index contributed by atoms with van der Waals surface area (Å²) in [5.74, 6) is 1.48. The number of nitrogens with zero attached hydrogens (tertiary/aromatic N) is 2. The van der Waals surface area contributed by atoms with Crippen LogP contribution in [0.1, 0.15) is 16.9 Å². The van der Waals surface area contributed by atoms with E-state index in [9.17, 15) is 8.42 Å². The molecule has 130 valence electrons. The Morgan fingerprint density at radius 3 is 2.36 bits per heavy atom.